The quantitative estimate of drug-likeness (QED) is 0.903. The molecular weight excluding hydrogens is 292 g/mol. The molecule has 2 saturated heterocycles. The molecule has 0 radical (unpaired) electrons. The number of hydrogen-bond donors (Lipinski definition) is 1. The first kappa shape index (κ1) is 16.3. The smallest absolute Gasteiger partial charge is 0.258 e. The van der Waals surface area contributed by atoms with Crippen molar-refractivity contribution < 1.29 is 14.3 Å². The van der Waals surface area contributed by atoms with Gasteiger partial charge in [0.2, 0.25) is 0 Å². The van der Waals surface area contributed by atoms with Gasteiger partial charge in [0.15, 0.2) is 0 Å². The zero-order chi connectivity index (χ0) is 16.4. The van der Waals surface area contributed by atoms with E-state index in [0.29, 0.717) is 24.5 Å². The van der Waals surface area contributed by atoms with Crippen molar-refractivity contribution in [2.24, 2.45) is 5.73 Å². The lowest BCUT2D eigenvalue weighted by molar-refractivity contribution is 0.00806. The van der Waals surface area contributed by atoms with Crippen LogP contribution in [0, 0.1) is 6.92 Å². The van der Waals surface area contributed by atoms with E-state index in [2.05, 4.69) is 4.90 Å². The third-order valence-electron chi connectivity index (χ3n) is 5.00. The van der Waals surface area contributed by atoms with Gasteiger partial charge in [0.05, 0.1) is 11.7 Å². The molecular formula is C18H26N2O3. The minimum Gasteiger partial charge on any atom is -0.491 e. The average Bonchev–Trinajstić information content (AvgIpc) is 2.82. The van der Waals surface area contributed by atoms with Crippen LogP contribution in [0.15, 0.2) is 18.2 Å². The third kappa shape index (κ3) is 3.21. The SMILES string of the molecule is COC1C[C@H]2CC[C@@H](C1)N2C(=O)c1cc(C)ccc1OCCN. The van der Waals surface area contributed by atoms with E-state index >= 15 is 0 Å². The molecule has 0 saturated carbocycles. The molecule has 5 heteroatoms. The molecule has 2 heterocycles. The summed E-state index contributed by atoms with van der Waals surface area (Å²) in [5, 5.41) is 0. The van der Waals surface area contributed by atoms with Crippen LogP contribution in [-0.2, 0) is 4.74 Å². The average molecular weight is 318 g/mol. The lowest BCUT2D eigenvalue weighted by atomic mass is 9.98. The summed E-state index contributed by atoms with van der Waals surface area (Å²) in [7, 11) is 1.76. The first-order valence-corrected chi connectivity index (χ1v) is 8.43. The van der Waals surface area contributed by atoms with E-state index in [1.165, 1.54) is 0 Å². The molecule has 2 N–H and O–H groups in total. The summed E-state index contributed by atoms with van der Waals surface area (Å²) in [5.74, 6) is 0.724. The maximum Gasteiger partial charge on any atom is 0.258 e. The van der Waals surface area contributed by atoms with Gasteiger partial charge in [0.25, 0.3) is 5.91 Å². The normalized spacial score (nSPS) is 26.4. The molecule has 1 aromatic carbocycles. The van der Waals surface area contributed by atoms with Crippen LogP contribution in [0.3, 0.4) is 0 Å². The molecule has 3 rings (SSSR count). The number of benzene rings is 1. The fourth-order valence-electron chi connectivity index (χ4n) is 3.90. The van der Waals surface area contributed by atoms with Crippen molar-refractivity contribution in [2.75, 3.05) is 20.3 Å². The number of ether oxygens (including phenoxy) is 2. The Morgan fingerprint density at radius 3 is 2.61 bits per heavy atom. The Labute approximate surface area is 137 Å². The van der Waals surface area contributed by atoms with E-state index < -0.39 is 0 Å². The highest BCUT2D eigenvalue weighted by atomic mass is 16.5. The lowest BCUT2D eigenvalue weighted by Crippen LogP contribution is -2.48. The van der Waals surface area contributed by atoms with Crippen molar-refractivity contribution in [3.63, 3.8) is 0 Å². The molecule has 2 aliphatic rings. The van der Waals surface area contributed by atoms with Gasteiger partial charge in [-0.1, -0.05) is 11.6 Å². The number of piperidine rings is 1. The maximum absolute atomic E-state index is 13.2. The van der Waals surface area contributed by atoms with E-state index in [-0.39, 0.29) is 24.1 Å². The second kappa shape index (κ2) is 6.89. The molecule has 2 bridgehead atoms. The molecule has 23 heavy (non-hydrogen) atoms. The number of hydrogen-bond acceptors (Lipinski definition) is 4. The number of amides is 1. The van der Waals surface area contributed by atoms with Crippen LogP contribution < -0.4 is 10.5 Å². The predicted octanol–water partition coefficient (Wildman–Crippen LogP) is 2.11. The minimum atomic E-state index is 0.0859. The monoisotopic (exact) mass is 318 g/mol. The first-order valence-electron chi connectivity index (χ1n) is 8.43. The number of nitrogens with two attached hydrogens (primary N) is 1. The summed E-state index contributed by atoms with van der Waals surface area (Å²) in [4.78, 5) is 15.2. The van der Waals surface area contributed by atoms with Crippen LogP contribution in [0.2, 0.25) is 0 Å². The molecule has 0 spiro atoms. The van der Waals surface area contributed by atoms with Crippen LogP contribution in [0.1, 0.15) is 41.6 Å². The van der Waals surface area contributed by atoms with Crippen LogP contribution in [0.4, 0.5) is 0 Å². The van der Waals surface area contributed by atoms with Crippen molar-refractivity contribution in [1.82, 2.24) is 4.90 Å². The lowest BCUT2D eigenvalue weighted by Gasteiger charge is -2.38. The molecule has 0 aromatic heterocycles. The van der Waals surface area contributed by atoms with Gasteiger partial charge >= 0.3 is 0 Å². The van der Waals surface area contributed by atoms with E-state index in [1.807, 2.05) is 25.1 Å². The van der Waals surface area contributed by atoms with Gasteiger partial charge in [-0.3, -0.25) is 4.79 Å². The van der Waals surface area contributed by atoms with Gasteiger partial charge in [-0.25, -0.2) is 0 Å². The number of aryl methyl sites for hydroxylation is 1. The van der Waals surface area contributed by atoms with Gasteiger partial charge in [-0.15, -0.1) is 0 Å². The highest BCUT2D eigenvalue weighted by Crippen LogP contribution is 2.38. The molecule has 2 fully saturated rings. The van der Waals surface area contributed by atoms with E-state index in [4.69, 9.17) is 15.2 Å². The molecule has 1 aromatic rings. The van der Waals surface area contributed by atoms with E-state index in [0.717, 1.165) is 31.2 Å². The second-order valence-corrected chi connectivity index (χ2v) is 6.56. The number of methoxy groups -OCH3 is 1. The largest absolute Gasteiger partial charge is 0.491 e. The Bertz CT molecular complexity index is 561. The maximum atomic E-state index is 13.2. The van der Waals surface area contributed by atoms with Crippen LogP contribution in [0.25, 0.3) is 0 Å². The summed E-state index contributed by atoms with van der Waals surface area (Å²) < 4.78 is 11.2. The molecule has 5 nitrogen and oxygen atoms in total. The zero-order valence-corrected chi connectivity index (χ0v) is 14.0. The third-order valence-corrected chi connectivity index (χ3v) is 5.00. The van der Waals surface area contributed by atoms with Crippen LogP contribution >= 0.6 is 0 Å². The molecule has 1 amide bonds. The molecule has 1 unspecified atom stereocenters. The fourth-order valence-corrected chi connectivity index (χ4v) is 3.90. The molecule has 126 valence electrons. The highest BCUT2D eigenvalue weighted by molar-refractivity contribution is 5.97. The Kier molecular flexibility index (Phi) is 4.87. The molecule has 0 aliphatic carbocycles. The van der Waals surface area contributed by atoms with Crippen molar-refractivity contribution in [3.8, 4) is 5.75 Å². The summed E-state index contributed by atoms with van der Waals surface area (Å²) in [6, 6.07) is 6.34. The second-order valence-electron chi connectivity index (χ2n) is 6.56. The summed E-state index contributed by atoms with van der Waals surface area (Å²) >= 11 is 0. The number of carbonyl (C=O) groups is 1. The topological polar surface area (TPSA) is 64.8 Å². The highest BCUT2D eigenvalue weighted by Gasteiger charge is 2.44. The van der Waals surface area contributed by atoms with Gasteiger partial charge in [-0.2, -0.15) is 0 Å². The standard InChI is InChI=1S/C18H26N2O3/c1-12-3-6-17(23-8-7-19)16(9-12)18(21)20-13-4-5-14(20)11-15(10-13)22-2/h3,6,9,13-15H,4-5,7-8,10-11,19H2,1-2H3/t13-,14+,15?. The van der Waals surface area contributed by atoms with Gasteiger partial charge < -0.3 is 20.1 Å². The number of nitrogens with zero attached hydrogens (tertiary/aromatic N) is 1. The van der Waals surface area contributed by atoms with Crippen LogP contribution in [0.5, 0.6) is 5.75 Å². The molecule has 3 atom stereocenters. The summed E-state index contributed by atoms with van der Waals surface area (Å²) in [6.07, 6.45) is 4.29. The Morgan fingerprint density at radius 2 is 2.00 bits per heavy atom. The number of fused-ring (bicyclic) bond motifs is 2. The first-order chi connectivity index (χ1) is 11.1. The Hall–Kier alpha value is -1.59. The minimum absolute atomic E-state index is 0.0859. The summed E-state index contributed by atoms with van der Waals surface area (Å²) in [6.45, 7) is 2.85. The number of rotatable bonds is 5. The predicted molar refractivity (Wildman–Crippen MR) is 88.7 cm³/mol. The van der Waals surface area contributed by atoms with Crippen molar-refractivity contribution in [2.45, 2.75) is 50.8 Å². The zero-order valence-electron chi connectivity index (χ0n) is 14.0. The van der Waals surface area contributed by atoms with E-state index in [1.54, 1.807) is 7.11 Å². The van der Waals surface area contributed by atoms with Crippen LogP contribution in [-0.4, -0.2) is 49.3 Å². The molecule has 2 aliphatic heterocycles. The van der Waals surface area contributed by atoms with Crippen molar-refractivity contribution in [3.05, 3.63) is 29.3 Å². The number of carbonyl (C=O) groups excluding carboxylic acids is 1. The van der Waals surface area contributed by atoms with E-state index in [9.17, 15) is 4.79 Å². The summed E-state index contributed by atoms with van der Waals surface area (Å²) in [5.41, 5.74) is 7.25. The van der Waals surface area contributed by atoms with Gasteiger partial charge in [-0.05, 0) is 44.7 Å². The van der Waals surface area contributed by atoms with Crippen molar-refractivity contribution in [1.29, 1.82) is 0 Å². The Balaban J connectivity index is 1.84. The Morgan fingerprint density at radius 1 is 1.30 bits per heavy atom. The van der Waals surface area contributed by atoms with Gasteiger partial charge in [0.1, 0.15) is 12.4 Å². The van der Waals surface area contributed by atoms with Gasteiger partial charge in [0, 0.05) is 25.7 Å². The van der Waals surface area contributed by atoms with Crippen molar-refractivity contribution >= 4 is 5.91 Å². The fraction of sp³-hybridized carbons (Fsp3) is 0.611.